The fourth-order valence-electron chi connectivity index (χ4n) is 3.04. The molecule has 2 rings (SSSR count). The molecule has 1 heterocycles. The van der Waals surface area contributed by atoms with Gasteiger partial charge < -0.3 is 10.6 Å². The first-order valence-electron chi connectivity index (χ1n) is 6.80. The number of nitrogens with zero attached hydrogens (tertiary/aromatic N) is 2. The Labute approximate surface area is 105 Å². The quantitative estimate of drug-likeness (QED) is 0.557. The second-order valence-corrected chi connectivity index (χ2v) is 5.98. The molecule has 0 aromatic carbocycles. The average Bonchev–Trinajstić information content (AvgIpc) is 3.00. The Kier molecular flexibility index (Phi) is 3.73. The summed E-state index contributed by atoms with van der Waals surface area (Å²) in [6, 6.07) is 0.705. The van der Waals surface area contributed by atoms with Crippen LogP contribution < -0.4 is 5.73 Å². The molecule has 2 aliphatic rings. The summed E-state index contributed by atoms with van der Waals surface area (Å²) in [6.45, 7) is 6.96. The molecule has 1 saturated carbocycles. The zero-order valence-electron chi connectivity index (χ0n) is 11.2. The van der Waals surface area contributed by atoms with Gasteiger partial charge in [-0.1, -0.05) is 6.92 Å². The molecule has 0 bridgehead atoms. The molecule has 0 aromatic rings. The van der Waals surface area contributed by atoms with E-state index >= 15 is 0 Å². The molecule has 1 aliphatic heterocycles. The van der Waals surface area contributed by atoms with Gasteiger partial charge in [-0.3, -0.25) is 10.3 Å². The largest absolute Gasteiger partial charge is 0.388 e. The van der Waals surface area contributed by atoms with Crippen LogP contribution in [0.1, 0.15) is 32.6 Å². The third-order valence-electron chi connectivity index (χ3n) is 4.41. The van der Waals surface area contributed by atoms with Crippen LogP contribution in [0.25, 0.3) is 0 Å². The molecule has 1 saturated heterocycles. The van der Waals surface area contributed by atoms with Gasteiger partial charge in [-0.2, -0.15) is 0 Å². The molecule has 1 unspecified atom stereocenters. The number of hydrogen-bond donors (Lipinski definition) is 2. The maximum Gasteiger partial charge on any atom is 0.0911 e. The van der Waals surface area contributed by atoms with Crippen LogP contribution in [-0.4, -0.2) is 54.9 Å². The summed E-state index contributed by atoms with van der Waals surface area (Å²) >= 11 is 0. The van der Waals surface area contributed by atoms with E-state index < -0.39 is 0 Å². The van der Waals surface area contributed by atoms with Crippen molar-refractivity contribution in [2.75, 3.05) is 33.2 Å². The topological polar surface area (TPSA) is 56.4 Å². The molecule has 1 atom stereocenters. The molecule has 4 nitrogen and oxygen atoms in total. The van der Waals surface area contributed by atoms with E-state index in [0.717, 1.165) is 13.0 Å². The molecular formula is C13H26N4. The van der Waals surface area contributed by atoms with Gasteiger partial charge in [0.2, 0.25) is 0 Å². The zero-order chi connectivity index (χ0) is 12.5. The van der Waals surface area contributed by atoms with E-state index in [1.165, 1.54) is 38.9 Å². The van der Waals surface area contributed by atoms with Gasteiger partial charge in [-0.25, -0.2) is 0 Å². The SMILES string of the molecule is CCC1CN(CC2(CC(=N)N)CC2)CCN1C. The van der Waals surface area contributed by atoms with Crippen molar-refractivity contribution in [3.63, 3.8) is 0 Å². The normalized spacial score (nSPS) is 29.2. The lowest BCUT2D eigenvalue weighted by molar-refractivity contribution is 0.0788. The van der Waals surface area contributed by atoms with Crippen LogP contribution in [0, 0.1) is 10.8 Å². The first-order chi connectivity index (χ1) is 8.04. The smallest absolute Gasteiger partial charge is 0.0911 e. The Hall–Kier alpha value is -0.610. The highest BCUT2D eigenvalue weighted by Crippen LogP contribution is 2.49. The molecule has 1 aliphatic carbocycles. The number of amidine groups is 1. The summed E-state index contributed by atoms with van der Waals surface area (Å²) in [7, 11) is 2.23. The molecule has 3 N–H and O–H groups in total. The molecule has 4 heteroatoms. The van der Waals surface area contributed by atoms with Crippen molar-refractivity contribution in [1.82, 2.24) is 9.80 Å². The summed E-state index contributed by atoms with van der Waals surface area (Å²) < 4.78 is 0. The minimum Gasteiger partial charge on any atom is -0.388 e. The molecule has 98 valence electrons. The van der Waals surface area contributed by atoms with E-state index in [0.29, 0.717) is 17.3 Å². The number of rotatable bonds is 5. The molecule has 0 aromatic heterocycles. The molecule has 0 spiro atoms. The van der Waals surface area contributed by atoms with E-state index in [1.807, 2.05) is 0 Å². The first-order valence-corrected chi connectivity index (χ1v) is 6.80. The van der Waals surface area contributed by atoms with Gasteiger partial charge >= 0.3 is 0 Å². The predicted octanol–water partition coefficient (Wildman–Crippen LogP) is 1.12. The van der Waals surface area contributed by atoms with Crippen LogP contribution in [0.15, 0.2) is 0 Å². The van der Waals surface area contributed by atoms with Crippen molar-refractivity contribution >= 4 is 5.84 Å². The third-order valence-corrected chi connectivity index (χ3v) is 4.41. The minimum absolute atomic E-state index is 0.361. The lowest BCUT2D eigenvalue weighted by atomic mass is 9.99. The fourth-order valence-corrected chi connectivity index (χ4v) is 3.04. The molecular weight excluding hydrogens is 212 g/mol. The van der Waals surface area contributed by atoms with Crippen molar-refractivity contribution in [3.05, 3.63) is 0 Å². The Bertz CT molecular complexity index is 285. The Morgan fingerprint density at radius 2 is 2.12 bits per heavy atom. The predicted molar refractivity (Wildman–Crippen MR) is 71.3 cm³/mol. The highest BCUT2D eigenvalue weighted by Gasteiger charge is 2.44. The standard InChI is InChI=1S/C13H26N4/c1-3-11-9-17(7-6-16(11)2)10-13(4-5-13)8-12(14)15/h11H,3-10H2,1-2H3,(H3,14,15). The summed E-state index contributed by atoms with van der Waals surface area (Å²) in [5.41, 5.74) is 5.92. The molecule has 0 radical (unpaired) electrons. The summed E-state index contributed by atoms with van der Waals surface area (Å²) in [5.74, 6) is 0.365. The highest BCUT2D eigenvalue weighted by molar-refractivity contribution is 5.78. The average molecular weight is 238 g/mol. The van der Waals surface area contributed by atoms with Crippen LogP contribution in [0.4, 0.5) is 0 Å². The Morgan fingerprint density at radius 3 is 2.65 bits per heavy atom. The van der Waals surface area contributed by atoms with E-state index in [4.69, 9.17) is 11.1 Å². The van der Waals surface area contributed by atoms with Gasteiger partial charge in [0, 0.05) is 38.6 Å². The molecule has 0 amide bonds. The van der Waals surface area contributed by atoms with Crippen molar-refractivity contribution < 1.29 is 0 Å². The maximum absolute atomic E-state index is 7.47. The lowest BCUT2D eigenvalue weighted by Gasteiger charge is -2.40. The minimum atomic E-state index is 0.361. The van der Waals surface area contributed by atoms with Crippen LogP contribution in [-0.2, 0) is 0 Å². The maximum atomic E-state index is 7.47. The Morgan fingerprint density at radius 1 is 1.41 bits per heavy atom. The van der Waals surface area contributed by atoms with E-state index in [1.54, 1.807) is 0 Å². The van der Waals surface area contributed by atoms with Crippen LogP contribution in [0.5, 0.6) is 0 Å². The van der Waals surface area contributed by atoms with Crippen molar-refractivity contribution in [2.45, 2.75) is 38.6 Å². The Balaban J connectivity index is 1.85. The molecule has 2 fully saturated rings. The number of hydrogen-bond acceptors (Lipinski definition) is 3. The fraction of sp³-hybridized carbons (Fsp3) is 0.923. The van der Waals surface area contributed by atoms with Crippen molar-refractivity contribution in [2.24, 2.45) is 11.1 Å². The number of piperazine rings is 1. The molecule has 17 heavy (non-hydrogen) atoms. The van der Waals surface area contributed by atoms with E-state index in [2.05, 4.69) is 23.8 Å². The number of likely N-dealkylation sites (N-methyl/N-ethyl adjacent to an activating group) is 1. The van der Waals surface area contributed by atoms with Gasteiger partial charge in [0.15, 0.2) is 0 Å². The van der Waals surface area contributed by atoms with Gasteiger partial charge in [0.25, 0.3) is 0 Å². The highest BCUT2D eigenvalue weighted by atomic mass is 15.3. The zero-order valence-corrected chi connectivity index (χ0v) is 11.2. The summed E-state index contributed by atoms with van der Waals surface area (Å²) in [4.78, 5) is 5.06. The lowest BCUT2D eigenvalue weighted by Crippen LogP contribution is -2.52. The second-order valence-electron chi connectivity index (χ2n) is 5.98. The number of nitrogens with one attached hydrogen (secondary N) is 1. The number of nitrogens with two attached hydrogens (primary N) is 1. The van der Waals surface area contributed by atoms with Gasteiger partial charge in [-0.05, 0) is 31.7 Å². The van der Waals surface area contributed by atoms with Gasteiger partial charge in [0.05, 0.1) is 5.84 Å². The summed E-state index contributed by atoms with van der Waals surface area (Å²) in [6.07, 6.45) is 4.55. The third kappa shape index (κ3) is 3.19. The first kappa shape index (κ1) is 12.8. The van der Waals surface area contributed by atoms with Gasteiger partial charge in [-0.15, -0.1) is 0 Å². The summed E-state index contributed by atoms with van der Waals surface area (Å²) in [5, 5.41) is 7.47. The van der Waals surface area contributed by atoms with Gasteiger partial charge in [0.1, 0.15) is 0 Å². The van der Waals surface area contributed by atoms with Crippen molar-refractivity contribution in [1.29, 1.82) is 5.41 Å². The van der Waals surface area contributed by atoms with E-state index in [9.17, 15) is 0 Å². The monoisotopic (exact) mass is 238 g/mol. The van der Waals surface area contributed by atoms with Crippen LogP contribution in [0.3, 0.4) is 0 Å². The van der Waals surface area contributed by atoms with E-state index in [-0.39, 0.29) is 0 Å². The van der Waals surface area contributed by atoms with Crippen LogP contribution >= 0.6 is 0 Å². The second kappa shape index (κ2) is 4.94. The van der Waals surface area contributed by atoms with Crippen LogP contribution in [0.2, 0.25) is 0 Å². The van der Waals surface area contributed by atoms with Crippen molar-refractivity contribution in [3.8, 4) is 0 Å².